The number of aromatic nitrogens is 4. The quantitative estimate of drug-likeness (QED) is 0.750. The normalized spacial score (nSPS) is 10.9. The van der Waals surface area contributed by atoms with Gasteiger partial charge in [0.2, 0.25) is 0 Å². The molecule has 1 N–H and O–H groups in total. The Labute approximate surface area is 104 Å². The summed E-state index contributed by atoms with van der Waals surface area (Å²) in [5, 5.41) is 0. The van der Waals surface area contributed by atoms with Crippen LogP contribution in [0.3, 0.4) is 0 Å². The van der Waals surface area contributed by atoms with Crippen LogP contribution >= 0.6 is 15.9 Å². The SMILES string of the molecule is Fc1ccc(-c2nc3ncncc3[nH]2)cc1Br. The van der Waals surface area contributed by atoms with Crippen molar-refractivity contribution >= 4 is 27.1 Å². The van der Waals surface area contributed by atoms with Crippen molar-refractivity contribution in [3.8, 4) is 11.4 Å². The molecule has 0 radical (unpaired) electrons. The van der Waals surface area contributed by atoms with Crippen LogP contribution in [0, 0.1) is 5.82 Å². The Bertz CT molecular complexity index is 662. The lowest BCUT2D eigenvalue weighted by atomic mass is 10.2. The summed E-state index contributed by atoms with van der Waals surface area (Å²) in [6.45, 7) is 0. The van der Waals surface area contributed by atoms with Gasteiger partial charge in [0, 0.05) is 5.56 Å². The molecule has 17 heavy (non-hydrogen) atoms. The summed E-state index contributed by atoms with van der Waals surface area (Å²) in [6.07, 6.45) is 3.09. The fraction of sp³-hybridized carbons (Fsp3) is 0. The summed E-state index contributed by atoms with van der Waals surface area (Å²) < 4.78 is 13.5. The van der Waals surface area contributed by atoms with Crippen LogP contribution in [0.4, 0.5) is 4.39 Å². The largest absolute Gasteiger partial charge is 0.335 e. The third-order valence-corrected chi connectivity index (χ3v) is 2.96. The summed E-state index contributed by atoms with van der Waals surface area (Å²) in [4.78, 5) is 15.3. The first-order valence-corrected chi connectivity index (χ1v) is 5.64. The maximum Gasteiger partial charge on any atom is 0.181 e. The first-order valence-electron chi connectivity index (χ1n) is 4.85. The second-order valence-corrected chi connectivity index (χ2v) is 4.33. The van der Waals surface area contributed by atoms with Crippen molar-refractivity contribution in [3.63, 3.8) is 0 Å². The van der Waals surface area contributed by atoms with Crippen LogP contribution in [0.2, 0.25) is 0 Å². The molecule has 0 unspecified atom stereocenters. The number of aromatic amines is 1. The number of halogens is 2. The highest BCUT2D eigenvalue weighted by Gasteiger charge is 2.08. The van der Waals surface area contributed by atoms with E-state index in [1.165, 1.54) is 12.4 Å². The highest BCUT2D eigenvalue weighted by Crippen LogP contribution is 2.24. The molecule has 6 heteroatoms. The molecule has 0 saturated carbocycles. The number of H-pyrrole nitrogens is 1. The Hall–Kier alpha value is -1.82. The van der Waals surface area contributed by atoms with Gasteiger partial charge in [0.05, 0.1) is 10.7 Å². The van der Waals surface area contributed by atoms with Gasteiger partial charge in [0.15, 0.2) is 5.65 Å². The number of hydrogen-bond donors (Lipinski definition) is 1. The van der Waals surface area contributed by atoms with E-state index in [-0.39, 0.29) is 5.82 Å². The van der Waals surface area contributed by atoms with Crippen LogP contribution in [-0.2, 0) is 0 Å². The van der Waals surface area contributed by atoms with E-state index in [4.69, 9.17) is 0 Å². The van der Waals surface area contributed by atoms with Crippen LogP contribution < -0.4 is 0 Å². The van der Waals surface area contributed by atoms with Crippen LogP contribution in [0.15, 0.2) is 35.2 Å². The monoisotopic (exact) mass is 292 g/mol. The average Bonchev–Trinajstić information content (AvgIpc) is 2.76. The molecule has 0 spiro atoms. The second kappa shape index (κ2) is 3.89. The van der Waals surface area contributed by atoms with Crippen molar-refractivity contribution in [1.29, 1.82) is 0 Å². The maximum atomic E-state index is 13.1. The highest BCUT2D eigenvalue weighted by atomic mass is 79.9. The van der Waals surface area contributed by atoms with Gasteiger partial charge in [-0.05, 0) is 34.1 Å². The number of fused-ring (bicyclic) bond motifs is 1. The van der Waals surface area contributed by atoms with Crippen LogP contribution in [0.5, 0.6) is 0 Å². The van der Waals surface area contributed by atoms with Crippen LogP contribution in [0.1, 0.15) is 0 Å². The summed E-state index contributed by atoms with van der Waals surface area (Å²) in [6, 6.07) is 4.71. The Morgan fingerprint density at radius 3 is 2.94 bits per heavy atom. The van der Waals surface area contributed by atoms with Crippen molar-refractivity contribution in [1.82, 2.24) is 19.9 Å². The Kier molecular flexibility index (Phi) is 2.36. The van der Waals surface area contributed by atoms with Gasteiger partial charge in [0.1, 0.15) is 23.5 Å². The molecule has 1 aromatic carbocycles. The lowest BCUT2D eigenvalue weighted by Gasteiger charge is -1.98. The Morgan fingerprint density at radius 1 is 1.29 bits per heavy atom. The lowest BCUT2D eigenvalue weighted by molar-refractivity contribution is 0.621. The van der Waals surface area contributed by atoms with E-state index in [9.17, 15) is 4.39 Å². The molecule has 2 aromatic heterocycles. The molecule has 0 atom stereocenters. The smallest absolute Gasteiger partial charge is 0.181 e. The highest BCUT2D eigenvalue weighted by molar-refractivity contribution is 9.10. The number of benzene rings is 1. The van der Waals surface area contributed by atoms with Gasteiger partial charge in [-0.15, -0.1) is 0 Å². The van der Waals surface area contributed by atoms with E-state index in [0.29, 0.717) is 15.9 Å². The Balaban J connectivity index is 2.17. The fourth-order valence-corrected chi connectivity index (χ4v) is 1.92. The van der Waals surface area contributed by atoms with Crippen molar-refractivity contribution in [2.24, 2.45) is 0 Å². The number of nitrogens with one attached hydrogen (secondary N) is 1. The minimum absolute atomic E-state index is 0.301. The predicted molar refractivity (Wildman–Crippen MR) is 64.8 cm³/mol. The second-order valence-electron chi connectivity index (χ2n) is 3.47. The minimum atomic E-state index is -0.301. The molecule has 0 aliphatic carbocycles. The summed E-state index contributed by atoms with van der Waals surface area (Å²) in [7, 11) is 0. The maximum absolute atomic E-state index is 13.1. The molecule has 3 aromatic rings. The van der Waals surface area contributed by atoms with Gasteiger partial charge in [-0.25, -0.2) is 19.3 Å². The number of nitrogens with zero attached hydrogens (tertiary/aromatic N) is 3. The molecule has 3 rings (SSSR count). The number of imidazole rings is 1. The third-order valence-electron chi connectivity index (χ3n) is 2.36. The zero-order valence-electron chi connectivity index (χ0n) is 8.48. The zero-order valence-corrected chi connectivity index (χ0v) is 10.1. The molecular weight excluding hydrogens is 287 g/mol. The van der Waals surface area contributed by atoms with Gasteiger partial charge in [-0.1, -0.05) is 0 Å². The molecule has 0 bridgehead atoms. The minimum Gasteiger partial charge on any atom is -0.335 e. The summed E-state index contributed by atoms with van der Waals surface area (Å²) >= 11 is 3.14. The van der Waals surface area contributed by atoms with E-state index in [2.05, 4.69) is 35.9 Å². The standard InChI is InChI=1S/C11H6BrFN4/c12-7-3-6(1-2-8(7)13)10-16-9-4-14-5-15-11(9)17-10/h1-5H,(H,14,15,16,17). The van der Waals surface area contributed by atoms with Gasteiger partial charge in [-0.2, -0.15) is 0 Å². The van der Waals surface area contributed by atoms with E-state index in [0.717, 1.165) is 11.1 Å². The molecule has 0 aliphatic rings. The average molecular weight is 293 g/mol. The van der Waals surface area contributed by atoms with Gasteiger partial charge < -0.3 is 4.98 Å². The molecule has 4 nitrogen and oxygen atoms in total. The number of rotatable bonds is 1. The predicted octanol–water partition coefficient (Wildman–Crippen LogP) is 2.92. The van der Waals surface area contributed by atoms with E-state index < -0.39 is 0 Å². The van der Waals surface area contributed by atoms with Crippen LogP contribution in [0.25, 0.3) is 22.6 Å². The molecule has 0 amide bonds. The molecule has 0 aliphatic heterocycles. The first kappa shape index (κ1) is 10.3. The summed E-state index contributed by atoms with van der Waals surface area (Å²) in [5.74, 6) is 0.339. The number of hydrogen-bond acceptors (Lipinski definition) is 3. The molecule has 0 fully saturated rings. The van der Waals surface area contributed by atoms with E-state index in [1.54, 1.807) is 18.3 Å². The van der Waals surface area contributed by atoms with Crippen molar-refractivity contribution in [2.45, 2.75) is 0 Å². The third kappa shape index (κ3) is 1.80. The first-order chi connectivity index (χ1) is 8.24. The van der Waals surface area contributed by atoms with Crippen molar-refractivity contribution < 1.29 is 4.39 Å². The van der Waals surface area contributed by atoms with Crippen LogP contribution in [-0.4, -0.2) is 19.9 Å². The van der Waals surface area contributed by atoms with Gasteiger partial charge >= 0.3 is 0 Å². The molecular formula is C11H6BrFN4. The van der Waals surface area contributed by atoms with Gasteiger partial charge in [0.25, 0.3) is 0 Å². The van der Waals surface area contributed by atoms with E-state index in [1.807, 2.05) is 0 Å². The zero-order chi connectivity index (χ0) is 11.8. The molecule has 2 heterocycles. The van der Waals surface area contributed by atoms with E-state index >= 15 is 0 Å². The lowest BCUT2D eigenvalue weighted by Crippen LogP contribution is -1.83. The molecule has 84 valence electrons. The topological polar surface area (TPSA) is 54.5 Å². The van der Waals surface area contributed by atoms with Crippen molar-refractivity contribution in [2.75, 3.05) is 0 Å². The Morgan fingerprint density at radius 2 is 2.18 bits per heavy atom. The van der Waals surface area contributed by atoms with Gasteiger partial charge in [-0.3, -0.25) is 0 Å². The molecule has 0 saturated heterocycles. The summed E-state index contributed by atoms with van der Waals surface area (Å²) in [5.41, 5.74) is 2.13. The van der Waals surface area contributed by atoms with Crippen molar-refractivity contribution in [3.05, 3.63) is 41.0 Å². The fourth-order valence-electron chi connectivity index (χ4n) is 1.54.